The summed E-state index contributed by atoms with van der Waals surface area (Å²) in [5.41, 5.74) is 0.558. The van der Waals surface area contributed by atoms with E-state index in [0.717, 1.165) is 23.7 Å². The summed E-state index contributed by atoms with van der Waals surface area (Å²) in [4.78, 5) is 2.50. The van der Waals surface area contributed by atoms with Crippen molar-refractivity contribution >= 4 is 40.0 Å². The van der Waals surface area contributed by atoms with Gasteiger partial charge in [0.2, 0.25) is 0 Å². The first-order chi connectivity index (χ1) is 9.72. The van der Waals surface area contributed by atoms with Crippen molar-refractivity contribution in [1.82, 2.24) is 10.1 Å². The van der Waals surface area contributed by atoms with Gasteiger partial charge in [0.25, 0.3) is 0 Å². The standard InChI is InChI=1S/C14H15Cl2N3O/c15-10-2-1-9-13(12(10)16)20-18-14(9)17-11-7-19-5-3-8(11)4-6-19/h1-2,8,11H,3-7H2,(H,17,18). The SMILES string of the molecule is Clc1ccc2c(NC3CN4CCC3CC4)noc2c1Cl. The number of hydrogen-bond acceptors (Lipinski definition) is 4. The van der Waals surface area contributed by atoms with Crippen LogP contribution >= 0.6 is 23.2 Å². The summed E-state index contributed by atoms with van der Waals surface area (Å²) in [5, 5.41) is 9.48. The van der Waals surface area contributed by atoms with Crippen LogP contribution in [0.3, 0.4) is 0 Å². The van der Waals surface area contributed by atoms with Crippen LogP contribution in [0.4, 0.5) is 5.82 Å². The Kier molecular flexibility index (Phi) is 3.05. The van der Waals surface area contributed by atoms with Crippen molar-refractivity contribution in [2.24, 2.45) is 5.92 Å². The summed E-state index contributed by atoms with van der Waals surface area (Å²) in [6.45, 7) is 3.54. The summed E-state index contributed by atoms with van der Waals surface area (Å²) in [5.74, 6) is 1.51. The first kappa shape index (κ1) is 12.7. The van der Waals surface area contributed by atoms with Gasteiger partial charge in [0.05, 0.1) is 10.4 Å². The van der Waals surface area contributed by atoms with Gasteiger partial charge in [0, 0.05) is 12.6 Å². The van der Waals surface area contributed by atoms with E-state index in [-0.39, 0.29) is 0 Å². The average Bonchev–Trinajstić information content (AvgIpc) is 2.88. The van der Waals surface area contributed by atoms with Gasteiger partial charge in [-0.15, -0.1) is 0 Å². The zero-order valence-electron chi connectivity index (χ0n) is 10.9. The summed E-state index contributed by atoms with van der Waals surface area (Å²) in [7, 11) is 0. The predicted molar refractivity (Wildman–Crippen MR) is 80.6 cm³/mol. The summed E-state index contributed by atoms with van der Waals surface area (Å²) < 4.78 is 5.34. The molecule has 4 nitrogen and oxygen atoms in total. The molecule has 3 saturated heterocycles. The lowest BCUT2D eigenvalue weighted by Gasteiger charge is -2.44. The molecule has 106 valence electrons. The lowest BCUT2D eigenvalue weighted by atomic mass is 9.84. The number of aromatic nitrogens is 1. The second-order valence-corrected chi connectivity index (χ2v) is 6.44. The van der Waals surface area contributed by atoms with E-state index < -0.39 is 0 Å². The normalized spacial score (nSPS) is 29.0. The summed E-state index contributed by atoms with van der Waals surface area (Å²) in [6.07, 6.45) is 2.53. The minimum absolute atomic E-state index is 0.429. The predicted octanol–water partition coefficient (Wildman–Crippen LogP) is 3.64. The van der Waals surface area contributed by atoms with Crippen molar-refractivity contribution in [3.8, 4) is 0 Å². The Hall–Kier alpha value is -0.970. The summed E-state index contributed by atoms with van der Waals surface area (Å²) >= 11 is 12.1. The van der Waals surface area contributed by atoms with Crippen molar-refractivity contribution in [1.29, 1.82) is 0 Å². The molecule has 0 aliphatic carbocycles. The topological polar surface area (TPSA) is 41.3 Å². The zero-order chi connectivity index (χ0) is 13.7. The van der Waals surface area contributed by atoms with Crippen LogP contribution in [0.15, 0.2) is 16.7 Å². The molecule has 2 aromatic rings. The van der Waals surface area contributed by atoms with Gasteiger partial charge < -0.3 is 14.7 Å². The van der Waals surface area contributed by atoms with Crippen molar-refractivity contribution in [2.45, 2.75) is 18.9 Å². The maximum Gasteiger partial charge on any atom is 0.189 e. The van der Waals surface area contributed by atoms with Gasteiger partial charge in [0.1, 0.15) is 5.02 Å². The fraction of sp³-hybridized carbons (Fsp3) is 0.500. The third kappa shape index (κ3) is 1.98. The van der Waals surface area contributed by atoms with Crippen LogP contribution in [0.25, 0.3) is 11.0 Å². The van der Waals surface area contributed by atoms with Crippen LogP contribution < -0.4 is 5.32 Å². The molecule has 0 radical (unpaired) electrons. The number of rotatable bonds is 2. The molecule has 6 heteroatoms. The van der Waals surface area contributed by atoms with E-state index in [1.54, 1.807) is 6.07 Å². The van der Waals surface area contributed by atoms with E-state index >= 15 is 0 Å². The van der Waals surface area contributed by atoms with Crippen LogP contribution in [0, 0.1) is 5.92 Å². The number of piperidine rings is 3. The minimum Gasteiger partial charge on any atom is -0.362 e. The van der Waals surface area contributed by atoms with Crippen LogP contribution in [0.5, 0.6) is 0 Å². The number of nitrogens with one attached hydrogen (secondary N) is 1. The Morgan fingerprint density at radius 1 is 1.25 bits per heavy atom. The first-order valence-electron chi connectivity index (χ1n) is 6.94. The van der Waals surface area contributed by atoms with Crippen molar-refractivity contribution in [2.75, 3.05) is 25.0 Å². The van der Waals surface area contributed by atoms with E-state index in [4.69, 9.17) is 27.7 Å². The van der Waals surface area contributed by atoms with Crippen molar-refractivity contribution < 1.29 is 4.52 Å². The Morgan fingerprint density at radius 2 is 2.05 bits per heavy atom. The van der Waals surface area contributed by atoms with Gasteiger partial charge >= 0.3 is 0 Å². The maximum atomic E-state index is 6.14. The monoisotopic (exact) mass is 311 g/mol. The lowest BCUT2D eigenvalue weighted by molar-refractivity contribution is 0.0973. The Bertz CT molecular complexity index is 649. The number of nitrogens with zero attached hydrogens (tertiary/aromatic N) is 2. The highest BCUT2D eigenvalue weighted by atomic mass is 35.5. The molecule has 1 unspecified atom stereocenters. The van der Waals surface area contributed by atoms with Gasteiger partial charge in [-0.25, -0.2) is 0 Å². The molecule has 5 rings (SSSR count). The fourth-order valence-electron chi connectivity index (χ4n) is 3.36. The largest absolute Gasteiger partial charge is 0.362 e. The van der Waals surface area contributed by atoms with Crippen LogP contribution in [0.1, 0.15) is 12.8 Å². The molecule has 20 heavy (non-hydrogen) atoms. The van der Waals surface area contributed by atoms with Gasteiger partial charge in [-0.2, -0.15) is 0 Å². The molecule has 4 heterocycles. The third-order valence-electron chi connectivity index (χ3n) is 4.51. The number of fused-ring (bicyclic) bond motifs is 4. The molecule has 1 atom stereocenters. The average molecular weight is 312 g/mol. The molecule has 1 N–H and O–H groups in total. The number of anilines is 1. The molecule has 2 bridgehead atoms. The summed E-state index contributed by atoms with van der Waals surface area (Å²) in [6, 6.07) is 4.13. The minimum atomic E-state index is 0.429. The van der Waals surface area contributed by atoms with Crippen LogP contribution in [-0.2, 0) is 0 Å². The van der Waals surface area contributed by atoms with E-state index in [9.17, 15) is 0 Å². The van der Waals surface area contributed by atoms with E-state index in [1.807, 2.05) is 6.07 Å². The number of benzene rings is 1. The van der Waals surface area contributed by atoms with E-state index in [1.165, 1.54) is 25.9 Å². The number of halogens is 2. The third-order valence-corrected chi connectivity index (χ3v) is 5.30. The molecule has 1 aromatic heterocycles. The van der Waals surface area contributed by atoms with Crippen LogP contribution in [-0.4, -0.2) is 35.7 Å². The first-order valence-corrected chi connectivity index (χ1v) is 7.70. The Balaban J connectivity index is 1.65. The second kappa shape index (κ2) is 4.79. The maximum absolute atomic E-state index is 6.14. The second-order valence-electron chi connectivity index (χ2n) is 5.66. The highest BCUT2D eigenvalue weighted by Gasteiger charge is 2.34. The van der Waals surface area contributed by atoms with Crippen molar-refractivity contribution in [3.63, 3.8) is 0 Å². The molecular weight excluding hydrogens is 297 g/mol. The van der Waals surface area contributed by atoms with Crippen LogP contribution in [0.2, 0.25) is 10.0 Å². The molecule has 0 amide bonds. The Morgan fingerprint density at radius 3 is 2.75 bits per heavy atom. The Labute approximate surface area is 127 Å². The highest BCUT2D eigenvalue weighted by molar-refractivity contribution is 6.45. The molecule has 3 aliphatic heterocycles. The van der Waals surface area contributed by atoms with Gasteiger partial charge in [0.15, 0.2) is 11.4 Å². The van der Waals surface area contributed by atoms with Crippen molar-refractivity contribution in [3.05, 3.63) is 22.2 Å². The highest BCUT2D eigenvalue weighted by Crippen LogP contribution is 2.36. The fourth-order valence-corrected chi connectivity index (χ4v) is 3.70. The molecule has 3 fully saturated rings. The number of hydrogen-bond donors (Lipinski definition) is 1. The lowest BCUT2D eigenvalue weighted by Crippen LogP contribution is -2.53. The van der Waals surface area contributed by atoms with Gasteiger partial charge in [-0.05, 0) is 44.0 Å². The molecular formula is C14H15Cl2N3O. The van der Waals surface area contributed by atoms with E-state index in [2.05, 4.69) is 15.4 Å². The zero-order valence-corrected chi connectivity index (χ0v) is 12.4. The molecule has 3 aliphatic rings. The molecule has 1 aromatic carbocycles. The smallest absolute Gasteiger partial charge is 0.189 e. The van der Waals surface area contributed by atoms with Gasteiger partial charge in [-0.3, -0.25) is 0 Å². The molecule has 0 saturated carbocycles. The quantitative estimate of drug-likeness (QED) is 0.919. The molecule has 0 spiro atoms. The van der Waals surface area contributed by atoms with Gasteiger partial charge in [-0.1, -0.05) is 28.4 Å². The van der Waals surface area contributed by atoms with E-state index in [0.29, 0.717) is 21.7 Å².